The molecule has 9 atom stereocenters. The first-order valence-electron chi connectivity index (χ1n) is 24.1. The monoisotopic (exact) mass is 1070 g/mol. The molecule has 0 heterocycles. The van der Waals surface area contributed by atoms with Crippen LogP contribution in [0.1, 0.15) is 112 Å². The number of nitrogens with two attached hydrogens (primary N) is 4. The number of amides is 10. The largest absolute Gasteiger partial charge is 0.481 e. The third-order valence-electron chi connectivity index (χ3n) is 10.8. The maximum atomic E-state index is 14.1. The lowest BCUT2D eigenvalue weighted by molar-refractivity contribution is -0.142. The zero-order chi connectivity index (χ0) is 56.7. The van der Waals surface area contributed by atoms with Gasteiger partial charge < -0.3 is 86.1 Å². The van der Waals surface area contributed by atoms with E-state index in [0.717, 1.165) is 6.92 Å². The highest BCUT2D eigenvalue weighted by molar-refractivity contribution is 7.80. The molecule has 0 bridgehead atoms. The molecule has 0 saturated carbocycles. The van der Waals surface area contributed by atoms with E-state index in [-0.39, 0.29) is 88.5 Å². The van der Waals surface area contributed by atoms with Gasteiger partial charge in [-0.25, -0.2) is 4.79 Å². The first-order valence-corrected chi connectivity index (χ1v) is 24.7. The number of carbonyl (C=O) groups is 12. The molecule has 0 aromatic rings. The molecular formula is C44H78N14O15S. The summed E-state index contributed by atoms with van der Waals surface area (Å²) >= 11 is 4.00. The Bertz CT molecular complexity index is 1960. The smallest absolute Gasteiger partial charge is 0.326 e. The van der Waals surface area contributed by atoms with Gasteiger partial charge in [0.05, 0.1) is 6.61 Å². The van der Waals surface area contributed by atoms with Gasteiger partial charge in [0, 0.05) is 26.3 Å². The van der Waals surface area contributed by atoms with Gasteiger partial charge in [-0.3, -0.25) is 57.7 Å². The highest BCUT2D eigenvalue weighted by Gasteiger charge is 2.35. The molecule has 420 valence electrons. The number of aliphatic carboxylic acids is 2. The average Bonchev–Trinajstić information content (AvgIpc) is 3.31. The molecule has 0 rings (SSSR count). The second kappa shape index (κ2) is 36.2. The van der Waals surface area contributed by atoms with Gasteiger partial charge in [-0.05, 0) is 89.3 Å². The van der Waals surface area contributed by atoms with Gasteiger partial charge in [-0.1, -0.05) is 20.8 Å². The molecule has 0 aromatic carbocycles. The van der Waals surface area contributed by atoms with Gasteiger partial charge in [0.2, 0.25) is 59.1 Å². The number of aliphatic hydroxyl groups is 1. The molecule has 0 saturated heterocycles. The molecular weight excluding hydrogens is 997 g/mol. The number of hydrogen-bond acceptors (Lipinski definition) is 16. The number of nitrogens with zero attached hydrogens (tertiary/aromatic N) is 1. The minimum atomic E-state index is -1.62. The number of carboxylic acid groups (broad SMARTS) is 2. The predicted octanol–water partition coefficient (Wildman–Crippen LogP) is -5.44. The Hall–Kier alpha value is -6.82. The lowest BCUT2D eigenvalue weighted by Gasteiger charge is -2.28. The summed E-state index contributed by atoms with van der Waals surface area (Å²) in [5, 5.41) is 50.4. The maximum absolute atomic E-state index is 14.1. The van der Waals surface area contributed by atoms with E-state index >= 15 is 0 Å². The molecule has 0 unspecified atom stereocenters. The number of unbranched alkanes of at least 4 members (excludes halogenated alkanes) is 1. The van der Waals surface area contributed by atoms with Crippen molar-refractivity contribution in [3.05, 3.63) is 0 Å². The van der Waals surface area contributed by atoms with Crippen LogP contribution in [-0.4, -0.2) is 172 Å². The van der Waals surface area contributed by atoms with E-state index in [0.29, 0.717) is 6.42 Å². The molecule has 0 radical (unpaired) electrons. The Morgan fingerprint density at radius 3 is 1.39 bits per heavy atom. The van der Waals surface area contributed by atoms with Crippen molar-refractivity contribution in [2.24, 2.45) is 33.8 Å². The van der Waals surface area contributed by atoms with Crippen LogP contribution in [0.15, 0.2) is 4.99 Å². The van der Waals surface area contributed by atoms with Crippen molar-refractivity contribution in [2.45, 2.75) is 166 Å². The van der Waals surface area contributed by atoms with E-state index in [9.17, 15) is 72.9 Å². The van der Waals surface area contributed by atoms with Crippen molar-refractivity contribution < 1.29 is 72.9 Å². The molecule has 29 nitrogen and oxygen atoms in total. The van der Waals surface area contributed by atoms with E-state index in [1.165, 1.54) is 13.8 Å². The normalized spacial score (nSPS) is 14.6. The number of primary amides is 1. The predicted molar refractivity (Wildman–Crippen MR) is 270 cm³/mol. The number of nitrogens with one attached hydrogen (secondary N) is 9. The fraction of sp³-hybridized carbons (Fsp3) is 0.705. The number of carbonyl (C=O) groups excluding carboxylic acids is 10. The van der Waals surface area contributed by atoms with E-state index in [1.807, 2.05) is 0 Å². The molecule has 0 spiro atoms. The lowest BCUT2D eigenvalue weighted by Crippen LogP contribution is -2.60. The summed E-state index contributed by atoms with van der Waals surface area (Å²) in [5.74, 6) is -12.1. The Morgan fingerprint density at radius 2 is 0.959 bits per heavy atom. The van der Waals surface area contributed by atoms with Crippen LogP contribution in [0, 0.1) is 5.92 Å². The number of aliphatic imine (C=N–C) groups is 1. The van der Waals surface area contributed by atoms with Crippen molar-refractivity contribution in [3.8, 4) is 0 Å². The second-order valence-corrected chi connectivity index (χ2v) is 18.1. The molecule has 10 amide bonds. The fourth-order valence-electron chi connectivity index (χ4n) is 6.82. The maximum Gasteiger partial charge on any atom is 0.326 e. The SMILES string of the molecule is CC[C@H](NC(=O)[C@H](CCCN=C(N)N)NC(=O)[C@H](CC(C)C)NC(=O)[C@H](CCC(=O)O)NC(=O)[C@H](CCCCN)NC(=O)[C@H](C)NC(=O)[C@H](CO)NC(C)=O)C(=O)N[C@@H](CCC(N)=O)C(=O)N[C@@H](CCS)C(=O)O. The molecule has 0 aliphatic rings. The molecule has 0 aliphatic heterocycles. The van der Waals surface area contributed by atoms with E-state index < -0.39 is 145 Å². The minimum Gasteiger partial charge on any atom is -0.481 e. The quantitative estimate of drug-likeness (QED) is 0.0119. The highest BCUT2D eigenvalue weighted by atomic mass is 32.1. The van der Waals surface area contributed by atoms with Crippen LogP contribution < -0.4 is 70.8 Å². The Morgan fingerprint density at radius 1 is 0.527 bits per heavy atom. The van der Waals surface area contributed by atoms with Crippen LogP contribution in [0.3, 0.4) is 0 Å². The second-order valence-electron chi connectivity index (χ2n) is 17.7. The van der Waals surface area contributed by atoms with Gasteiger partial charge in [-0.2, -0.15) is 12.6 Å². The van der Waals surface area contributed by atoms with Gasteiger partial charge in [0.1, 0.15) is 54.4 Å². The van der Waals surface area contributed by atoms with Crippen molar-refractivity contribution >= 4 is 89.6 Å². The summed E-state index contributed by atoms with van der Waals surface area (Å²) < 4.78 is 0. The summed E-state index contributed by atoms with van der Waals surface area (Å²) in [5.41, 5.74) is 21.8. The highest BCUT2D eigenvalue weighted by Crippen LogP contribution is 2.11. The third kappa shape index (κ3) is 27.9. The zero-order valence-electron chi connectivity index (χ0n) is 42.5. The number of thiol groups is 1. The zero-order valence-corrected chi connectivity index (χ0v) is 43.4. The molecule has 30 heteroatoms. The number of carboxylic acids is 2. The molecule has 0 fully saturated rings. The number of hydrogen-bond donors (Lipinski definition) is 17. The van der Waals surface area contributed by atoms with Gasteiger partial charge in [-0.15, -0.1) is 0 Å². The molecule has 0 aromatic heterocycles. The molecule has 0 aliphatic carbocycles. The van der Waals surface area contributed by atoms with Crippen LogP contribution >= 0.6 is 12.6 Å². The summed E-state index contributed by atoms with van der Waals surface area (Å²) in [4.78, 5) is 159. The van der Waals surface area contributed by atoms with Gasteiger partial charge >= 0.3 is 11.9 Å². The van der Waals surface area contributed by atoms with Crippen molar-refractivity contribution in [1.82, 2.24) is 47.9 Å². The van der Waals surface area contributed by atoms with E-state index in [4.69, 9.17) is 22.9 Å². The fourth-order valence-corrected chi connectivity index (χ4v) is 7.08. The summed E-state index contributed by atoms with van der Waals surface area (Å²) in [7, 11) is 0. The van der Waals surface area contributed by atoms with Crippen molar-refractivity contribution in [2.75, 3.05) is 25.4 Å². The molecule has 20 N–H and O–H groups in total. The Balaban J connectivity index is 6.72. The van der Waals surface area contributed by atoms with Crippen molar-refractivity contribution in [1.29, 1.82) is 0 Å². The third-order valence-corrected chi connectivity index (χ3v) is 11.1. The van der Waals surface area contributed by atoms with E-state index in [1.54, 1.807) is 13.8 Å². The Kier molecular flexibility index (Phi) is 32.8. The Labute approximate surface area is 434 Å². The first kappa shape index (κ1) is 67.2. The van der Waals surface area contributed by atoms with Gasteiger partial charge in [0.15, 0.2) is 5.96 Å². The summed E-state index contributed by atoms with van der Waals surface area (Å²) in [6, 6.07) is -12.8. The number of aliphatic hydroxyl groups excluding tert-OH is 1. The summed E-state index contributed by atoms with van der Waals surface area (Å²) in [6.07, 6.45) is -1.48. The van der Waals surface area contributed by atoms with Crippen LogP contribution in [0.5, 0.6) is 0 Å². The number of rotatable bonds is 38. The van der Waals surface area contributed by atoms with Crippen LogP contribution in [0.25, 0.3) is 0 Å². The van der Waals surface area contributed by atoms with Crippen LogP contribution in [0.4, 0.5) is 0 Å². The summed E-state index contributed by atoms with van der Waals surface area (Å²) in [6.45, 7) is 6.73. The minimum absolute atomic E-state index is 0.0119. The van der Waals surface area contributed by atoms with Crippen LogP contribution in [0.2, 0.25) is 0 Å². The first-order chi connectivity index (χ1) is 34.7. The standard InChI is InChI=1S/C44H78N14O15S/c1-6-25(36(65)55-28(12-14-33(46)61)39(68)57-30(16-19-74)43(72)73)52-37(66)27(11-9-18-49-44(47)48)54-41(70)31(20-22(2)3)58-40(69)29(13-15-34(62)63)56-38(67)26(10-7-8-17-45)53-35(64)23(4)50-42(71)32(21-59)51-24(5)60/h22-23,25-32,59,74H,6-21,45H2,1-5H3,(H2,46,61)(H,50,71)(H,51,60)(H,52,66)(H,53,64)(H,54,70)(H,55,65)(H,56,67)(H,57,68)(H,58,69)(H,62,63)(H,72,73)(H4,47,48,49)/t23-,25-,26-,27-,28-,29-,30-,31-,32-/m0/s1. The molecule has 74 heavy (non-hydrogen) atoms. The van der Waals surface area contributed by atoms with E-state index in [2.05, 4.69) is 65.5 Å². The van der Waals surface area contributed by atoms with Crippen LogP contribution in [-0.2, 0) is 57.5 Å². The van der Waals surface area contributed by atoms with Crippen molar-refractivity contribution in [3.63, 3.8) is 0 Å². The average molecular weight is 1080 g/mol. The lowest BCUT2D eigenvalue weighted by atomic mass is 10.0. The topological polar surface area (TPSA) is 490 Å². The van der Waals surface area contributed by atoms with Gasteiger partial charge in [0.25, 0.3) is 0 Å². The number of guanidine groups is 1.